The van der Waals surface area contributed by atoms with Crippen molar-refractivity contribution in [2.75, 3.05) is 5.32 Å². The van der Waals surface area contributed by atoms with Gasteiger partial charge in [0, 0.05) is 12.1 Å². The third-order valence-electron chi connectivity index (χ3n) is 3.52. The number of carbonyl (C=O) groups excluding carboxylic acids is 1. The topological polar surface area (TPSA) is 96.0 Å². The first-order valence-electron chi connectivity index (χ1n) is 6.15. The fourth-order valence-corrected chi connectivity index (χ4v) is 2.47. The second-order valence-corrected chi connectivity index (χ2v) is 5.20. The average Bonchev–Trinajstić information content (AvgIpc) is 2.37. The smallest absolute Gasteiger partial charge is 0.307 e. The molecule has 1 aromatic carbocycles. The van der Waals surface area contributed by atoms with Gasteiger partial charge in [0.2, 0.25) is 11.7 Å². The van der Waals surface area contributed by atoms with Gasteiger partial charge in [-0.1, -0.05) is 6.92 Å². The maximum absolute atomic E-state index is 13.6. The molecule has 8 heteroatoms. The van der Waals surface area contributed by atoms with Gasteiger partial charge >= 0.3 is 5.69 Å². The minimum atomic E-state index is -1.33. The minimum Gasteiger partial charge on any atom is -0.322 e. The van der Waals surface area contributed by atoms with Crippen LogP contribution in [-0.4, -0.2) is 10.8 Å². The lowest BCUT2D eigenvalue weighted by molar-refractivity contribution is -0.387. The molecular formula is C13H11F2N3O3. The maximum Gasteiger partial charge on any atom is 0.307 e. The van der Waals surface area contributed by atoms with E-state index in [1.807, 2.05) is 13.0 Å². The molecule has 0 bridgehead atoms. The predicted octanol–water partition coefficient (Wildman–Crippen LogP) is 2.75. The van der Waals surface area contributed by atoms with Crippen molar-refractivity contribution in [3.63, 3.8) is 0 Å². The van der Waals surface area contributed by atoms with E-state index < -0.39 is 39.3 Å². The first kappa shape index (κ1) is 14.8. The van der Waals surface area contributed by atoms with Crippen molar-refractivity contribution >= 4 is 17.3 Å². The molecule has 110 valence electrons. The van der Waals surface area contributed by atoms with Crippen LogP contribution in [0, 0.1) is 44.4 Å². The monoisotopic (exact) mass is 295 g/mol. The van der Waals surface area contributed by atoms with E-state index in [0.29, 0.717) is 25.0 Å². The summed E-state index contributed by atoms with van der Waals surface area (Å²) in [6.45, 7) is 1.87. The van der Waals surface area contributed by atoms with E-state index in [4.69, 9.17) is 5.26 Å². The lowest BCUT2D eigenvalue weighted by Gasteiger charge is -2.39. The van der Waals surface area contributed by atoms with Gasteiger partial charge in [-0.25, -0.2) is 4.39 Å². The Labute approximate surface area is 118 Å². The zero-order valence-electron chi connectivity index (χ0n) is 11.0. The summed E-state index contributed by atoms with van der Waals surface area (Å²) in [5, 5.41) is 21.8. The highest BCUT2D eigenvalue weighted by atomic mass is 19.1. The Kier molecular flexibility index (Phi) is 3.60. The highest BCUT2D eigenvalue weighted by Crippen LogP contribution is 2.45. The van der Waals surface area contributed by atoms with Crippen molar-refractivity contribution in [1.82, 2.24) is 0 Å². The number of nitrogens with one attached hydrogen (secondary N) is 1. The second-order valence-electron chi connectivity index (χ2n) is 5.20. The number of anilines is 1. The molecule has 0 spiro atoms. The summed E-state index contributed by atoms with van der Waals surface area (Å²) in [5.41, 5.74) is -2.71. The number of nitriles is 1. The number of benzene rings is 1. The van der Waals surface area contributed by atoms with Crippen molar-refractivity contribution in [3.05, 3.63) is 33.9 Å². The molecule has 0 atom stereocenters. The first-order chi connectivity index (χ1) is 9.79. The van der Waals surface area contributed by atoms with Crippen molar-refractivity contribution < 1.29 is 18.5 Å². The molecule has 1 N–H and O–H groups in total. The number of hydrogen-bond donors (Lipinski definition) is 1. The Morgan fingerprint density at radius 1 is 1.48 bits per heavy atom. The summed E-state index contributed by atoms with van der Waals surface area (Å²) in [6.07, 6.45) is 0.667. The van der Waals surface area contributed by atoms with Crippen LogP contribution in [0.25, 0.3) is 0 Å². The van der Waals surface area contributed by atoms with E-state index in [9.17, 15) is 23.7 Å². The lowest BCUT2D eigenvalue weighted by atomic mass is 9.63. The van der Waals surface area contributed by atoms with E-state index in [-0.39, 0.29) is 5.92 Å². The van der Waals surface area contributed by atoms with Crippen LogP contribution in [0.3, 0.4) is 0 Å². The van der Waals surface area contributed by atoms with Gasteiger partial charge in [0.25, 0.3) is 0 Å². The van der Waals surface area contributed by atoms with Crippen molar-refractivity contribution in [2.45, 2.75) is 19.8 Å². The molecule has 6 nitrogen and oxygen atoms in total. The van der Waals surface area contributed by atoms with E-state index in [0.717, 1.165) is 0 Å². The normalized spacial score (nSPS) is 23.8. The van der Waals surface area contributed by atoms with E-state index in [2.05, 4.69) is 5.32 Å². The zero-order valence-corrected chi connectivity index (χ0v) is 11.0. The molecule has 21 heavy (non-hydrogen) atoms. The number of carbonyl (C=O) groups is 1. The molecule has 1 aliphatic carbocycles. The molecule has 0 saturated heterocycles. The molecule has 2 rings (SSSR count). The summed E-state index contributed by atoms with van der Waals surface area (Å²) < 4.78 is 26.8. The Morgan fingerprint density at radius 2 is 2.10 bits per heavy atom. The van der Waals surface area contributed by atoms with Crippen LogP contribution in [0.5, 0.6) is 0 Å². The number of nitro benzene ring substituents is 1. The molecule has 1 saturated carbocycles. The number of amides is 1. The van der Waals surface area contributed by atoms with Gasteiger partial charge in [-0.3, -0.25) is 14.9 Å². The molecule has 0 unspecified atom stereocenters. The molecule has 1 amide bonds. The van der Waals surface area contributed by atoms with Gasteiger partial charge in [0.1, 0.15) is 11.2 Å². The fourth-order valence-electron chi connectivity index (χ4n) is 2.47. The third-order valence-corrected chi connectivity index (χ3v) is 3.52. The van der Waals surface area contributed by atoms with E-state index in [1.165, 1.54) is 0 Å². The van der Waals surface area contributed by atoms with Crippen LogP contribution in [0.15, 0.2) is 12.1 Å². The molecule has 0 radical (unpaired) electrons. The van der Waals surface area contributed by atoms with Crippen LogP contribution in [0.4, 0.5) is 20.2 Å². The van der Waals surface area contributed by atoms with Gasteiger partial charge < -0.3 is 5.32 Å². The number of halogens is 2. The Balaban J connectivity index is 2.28. The molecular weight excluding hydrogens is 284 g/mol. The summed E-state index contributed by atoms with van der Waals surface area (Å²) >= 11 is 0. The largest absolute Gasteiger partial charge is 0.322 e. The van der Waals surface area contributed by atoms with Crippen molar-refractivity contribution in [1.29, 1.82) is 5.26 Å². The van der Waals surface area contributed by atoms with Crippen LogP contribution in [0.2, 0.25) is 0 Å². The van der Waals surface area contributed by atoms with Gasteiger partial charge in [-0.05, 0) is 18.8 Å². The minimum absolute atomic E-state index is 0.197. The summed E-state index contributed by atoms with van der Waals surface area (Å²) in [7, 11) is 0. The lowest BCUT2D eigenvalue weighted by Crippen LogP contribution is -2.45. The first-order valence-corrected chi connectivity index (χ1v) is 6.15. The molecule has 1 fully saturated rings. The Hall–Kier alpha value is -2.56. The molecule has 1 aliphatic rings. The van der Waals surface area contributed by atoms with Crippen molar-refractivity contribution in [3.8, 4) is 6.07 Å². The Bertz CT molecular complexity index is 663. The fraction of sp³-hybridized carbons (Fsp3) is 0.385. The maximum atomic E-state index is 13.6. The quantitative estimate of drug-likeness (QED) is 0.685. The van der Waals surface area contributed by atoms with Gasteiger partial charge in [0.05, 0.1) is 16.7 Å². The van der Waals surface area contributed by atoms with Crippen LogP contribution < -0.4 is 5.32 Å². The number of rotatable bonds is 3. The molecule has 0 heterocycles. The number of nitrogens with zero attached hydrogens (tertiary/aromatic N) is 2. The molecule has 0 aliphatic heterocycles. The van der Waals surface area contributed by atoms with E-state index >= 15 is 0 Å². The van der Waals surface area contributed by atoms with Gasteiger partial charge in [-0.2, -0.15) is 9.65 Å². The van der Waals surface area contributed by atoms with Crippen molar-refractivity contribution in [2.24, 2.45) is 11.3 Å². The highest BCUT2D eigenvalue weighted by Gasteiger charge is 2.49. The SMILES string of the molecule is CC1CC(C#N)(C(=O)Nc2cc([N+](=O)[O-])c(F)cc2F)C1. The standard InChI is InChI=1S/C13H11F2N3O3/c1-7-4-13(5-7,6-16)12(19)17-10-3-11(18(20)21)9(15)2-8(10)14/h2-3,7H,4-5H2,1H3,(H,17,19). The van der Waals surface area contributed by atoms with E-state index in [1.54, 1.807) is 0 Å². The molecule has 0 aromatic heterocycles. The Morgan fingerprint density at radius 3 is 2.57 bits per heavy atom. The van der Waals surface area contributed by atoms with Gasteiger partial charge in [-0.15, -0.1) is 0 Å². The number of nitro groups is 1. The number of hydrogen-bond acceptors (Lipinski definition) is 4. The second kappa shape index (κ2) is 5.09. The molecule has 1 aromatic rings. The van der Waals surface area contributed by atoms with Crippen LogP contribution in [-0.2, 0) is 4.79 Å². The third kappa shape index (κ3) is 2.54. The highest BCUT2D eigenvalue weighted by molar-refractivity contribution is 5.98. The summed E-state index contributed by atoms with van der Waals surface area (Å²) in [6, 6.07) is 2.83. The average molecular weight is 295 g/mol. The zero-order chi connectivity index (χ0) is 15.8. The predicted molar refractivity (Wildman–Crippen MR) is 68.1 cm³/mol. The summed E-state index contributed by atoms with van der Waals surface area (Å²) in [5.74, 6) is -3.00. The van der Waals surface area contributed by atoms with Crippen LogP contribution in [0.1, 0.15) is 19.8 Å². The summed E-state index contributed by atoms with van der Waals surface area (Å²) in [4.78, 5) is 21.6. The van der Waals surface area contributed by atoms with Crippen LogP contribution >= 0.6 is 0 Å². The van der Waals surface area contributed by atoms with Gasteiger partial charge in [0.15, 0.2) is 0 Å².